The zero-order valence-electron chi connectivity index (χ0n) is 10.8. The molecule has 21 heavy (non-hydrogen) atoms. The van der Waals surface area contributed by atoms with Crippen LogP contribution in [0.1, 0.15) is 40.4 Å². The Hall–Kier alpha value is -2.31. The molecular formula is C14H11F3N2O2. The van der Waals surface area contributed by atoms with Crippen LogP contribution in [0.5, 0.6) is 0 Å². The van der Waals surface area contributed by atoms with Crippen molar-refractivity contribution in [2.24, 2.45) is 0 Å². The molecule has 0 aliphatic heterocycles. The summed E-state index contributed by atoms with van der Waals surface area (Å²) in [5.74, 6) is -1.22. The summed E-state index contributed by atoms with van der Waals surface area (Å²) in [6, 6.07) is 5.04. The Morgan fingerprint density at radius 2 is 1.95 bits per heavy atom. The van der Waals surface area contributed by atoms with E-state index in [0.29, 0.717) is 5.69 Å². The Kier molecular flexibility index (Phi) is 3.00. The molecule has 1 aliphatic rings. The molecular weight excluding hydrogens is 285 g/mol. The third kappa shape index (κ3) is 2.39. The van der Waals surface area contributed by atoms with E-state index in [1.54, 1.807) is 0 Å². The normalized spacial score (nSPS) is 15.2. The van der Waals surface area contributed by atoms with Gasteiger partial charge in [-0.15, -0.1) is 0 Å². The number of carboxylic acids is 1. The smallest absolute Gasteiger partial charge is 0.418 e. The molecule has 0 unspecified atom stereocenters. The molecule has 2 aromatic rings. The van der Waals surface area contributed by atoms with Crippen molar-refractivity contribution < 1.29 is 23.1 Å². The van der Waals surface area contributed by atoms with Gasteiger partial charge in [-0.25, -0.2) is 9.48 Å². The number of aromatic nitrogens is 2. The highest BCUT2D eigenvalue weighted by Crippen LogP contribution is 2.43. The van der Waals surface area contributed by atoms with E-state index in [4.69, 9.17) is 5.11 Å². The molecule has 0 radical (unpaired) electrons. The molecule has 1 fully saturated rings. The first-order chi connectivity index (χ1) is 9.89. The van der Waals surface area contributed by atoms with Crippen LogP contribution in [0.15, 0.2) is 30.5 Å². The average molecular weight is 296 g/mol. The molecule has 7 heteroatoms. The first-order valence-corrected chi connectivity index (χ1v) is 6.37. The van der Waals surface area contributed by atoms with Crippen LogP contribution in [0.3, 0.4) is 0 Å². The lowest BCUT2D eigenvalue weighted by Crippen LogP contribution is -2.13. The Bertz CT molecular complexity index is 702. The first kappa shape index (κ1) is 13.7. The Morgan fingerprint density at radius 1 is 1.29 bits per heavy atom. The Labute approximate surface area is 117 Å². The quantitative estimate of drug-likeness (QED) is 0.943. The van der Waals surface area contributed by atoms with Gasteiger partial charge in [-0.1, -0.05) is 12.1 Å². The number of nitrogens with zero attached hydrogens (tertiary/aromatic N) is 2. The summed E-state index contributed by atoms with van der Waals surface area (Å²) in [6.07, 6.45) is -1.88. The summed E-state index contributed by atoms with van der Waals surface area (Å²) in [7, 11) is 0. The largest absolute Gasteiger partial charge is 0.478 e. The molecule has 1 heterocycles. The van der Waals surface area contributed by atoms with Crippen molar-refractivity contribution in [3.63, 3.8) is 0 Å². The van der Waals surface area contributed by atoms with Crippen LogP contribution in [0.2, 0.25) is 0 Å². The van der Waals surface area contributed by atoms with Gasteiger partial charge in [0.2, 0.25) is 0 Å². The Morgan fingerprint density at radius 3 is 2.52 bits per heavy atom. The van der Waals surface area contributed by atoms with Crippen LogP contribution >= 0.6 is 0 Å². The van der Waals surface area contributed by atoms with E-state index in [0.717, 1.165) is 29.8 Å². The van der Waals surface area contributed by atoms with Crippen molar-refractivity contribution in [2.45, 2.75) is 24.9 Å². The van der Waals surface area contributed by atoms with Crippen LogP contribution in [0.4, 0.5) is 13.2 Å². The molecule has 3 rings (SSSR count). The lowest BCUT2D eigenvalue weighted by molar-refractivity contribution is -0.137. The number of rotatable bonds is 3. The summed E-state index contributed by atoms with van der Waals surface area (Å²) >= 11 is 0. The van der Waals surface area contributed by atoms with Gasteiger partial charge in [0, 0.05) is 5.92 Å². The van der Waals surface area contributed by atoms with Crippen LogP contribution in [-0.4, -0.2) is 20.9 Å². The molecule has 0 amide bonds. The monoisotopic (exact) mass is 296 g/mol. The maximum Gasteiger partial charge on any atom is 0.418 e. The number of carboxylic acid groups (broad SMARTS) is 1. The van der Waals surface area contributed by atoms with E-state index in [9.17, 15) is 18.0 Å². The van der Waals surface area contributed by atoms with Gasteiger partial charge < -0.3 is 5.11 Å². The molecule has 1 N–H and O–H groups in total. The number of benzene rings is 1. The van der Waals surface area contributed by atoms with Gasteiger partial charge in [0.25, 0.3) is 0 Å². The molecule has 1 aromatic carbocycles. The third-order valence-corrected chi connectivity index (χ3v) is 3.44. The second-order valence-corrected chi connectivity index (χ2v) is 4.95. The summed E-state index contributed by atoms with van der Waals surface area (Å²) in [5.41, 5.74) is -0.653. The number of hydrogen-bond donors (Lipinski definition) is 1. The standard InChI is InChI=1S/C14H11F3N2O2/c15-14(16,17)10-3-1-2-4-11(10)19-12(8-5-6-8)9(7-18-19)13(20)21/h1-4,7-8H,5-6H2,(H,20,21). The van der Waals surface area contributed by atoms with Crippen molar-refractivity contribution >= 4 is 5.97 Å². The number of aromatic carboxylic acids is 1. The lowest BCUT2D eigenvalue weighted by Gasteiger charge is -2.14. The minimum absolute atomic E-state index is 0.0329. The van der Waals surface area contributed by atoms with Crippen molar-refractivity contribution in [1.82, 2.24) is 9.78 Å². The highest BCUT2D eigenvalue weighted by Gasteiger charge is 2.37. The fourth-order valence-electron chi connectivity index (χ4n) is 2.36. The van der Waals surface area contributed by atoms with Gasteiger partial charge in [-0.05, 0) is 25.0 Å². The van der Waals surface area contributed by atoms with Gasteiger partial charge in [0.05, 0.1) is 23.1 Å². The molecule has 0 saturated heterocycles. The molecule has 4 nitrogen and oxygen atoms in total. The molecule has 0 bridgehead atoms. The molecule has 110 valence electrons. The summed E-state index contributed by atoms with van der Waals surface area (Å²) in [6.45, 7) is 0. The van der Waals surface area contributed by atoms with Gasteiger partial charge in [0.1, 0.15) is 5.56 Å². The molecule has 1 aromatic heterocycles. The van der Waals surface area contributed by atoms with E-state index in [1.807, 2.05) is 0 Å². The van der Waals surface area contributed by atoms with Crippen molar-refractivity contribution in [2.75, 3.05) is 0 Å². The van der Waals surface area contributed by atoms with Crippen LogP contribution in [-0.2, 0) is 6.18 Å². The second-order valence-electron chi connectivity index (χ2n) is 4.95. The van der Waals surface area contributed by atoms with Crippen LogP contribution < -0.4 is 0 Å². The highest BCUT2D eigenvalue weighted by atomic mass is 19.4. The number of hydrogen-bond acceptors (Lipinski definition) is 2. The minimum Gasteiger partial charge on any atom is -0.478 e. The predicted molar refractivity (Wildman–Crippen MR) is 67.5 cm³/mol. The van der Waals surface area contributed by atoms with Crippen LogP contribution in [0.25, 0.3) is 5.69 Å². The van der Waals surface area contributed by atoms with Crippen molar-refractivity contribution in [3.05, 3.63) is 47.3 Å². The molecule has 0 atom stereocenters. The fraction of sp³-hybridized carbons (Fsp3) is 0.286. The highest BCUT2D eigenvalue weighted by molar-refractivity contribution is 5.89. The zero-order valence-corrected chi connectivity index (χ0v) is 10.8. The molecule has 0 spiro atoms. The van der Waals surface area contributed by atoms with E-state index >= 15 is 0 Å². The summed E-state index contributed by atoms with van der Waals surface area (Å²) < 4.78 is 40.4. The Balaban J connectivity index is 2.20. The van der Waals surface area contributed by atoms with E-state index in [-0.39, 0.29) is 17.2 Å². The number of carbonyl (C=O) groups is 1. The van der Waals surface area contributed by atoms with E-state index in [1.165, 1.54) is 18.2 Å². The van der Waals surface area contributed by atoms with Crippen molar-refractivity contribution in [1.29, 1.82) is 0 Å². The SMILES string of the molecule is O=C(O)c1cnn(-c2ccccc2C(F)(F)F)c1C1CC1. The molecule has 1 aliphatic carbocycles. The maximum atomic E-state index is 13.1. The van der Waals surface area contributed by atoms with E-state index < -0.39 is 17.7 Å². The van der Waals surface area contributed by atoms with E-state index in [2.05, 4.69) is 5.10 Å². The summed E-state index contributed by atoms with van der Waals surface area (Å²) in [4.78, 5) is 11.2. The van der Waals surface area contributed by atoms with Gasteiger partial charge in [-0.2, -0.15) is 18.3 Å². The zero-order chi connectivity index (χ0) is 15.2. The maximum absolute atomic E-state index is 13.1. The van der Waals surface area contributed by atoms with Gasteiger partial charge in [0.15, 0.2) is 0 Å². The first-order valence-electron chi connectivity index (χ1n) is 6.37. The minimum atomic E-state index is -4.52. The van der Waals surface area contributed by atoms with Gasteiger partial charge >= 0.3 is 12.1 Å². The topological polar surface area (TPSA) is 55.1 Å². The lowest BCUT2D eigenvalue weighted by atomic mass is 10.1. The number of para-hydroxylation sites is 1. The fourth-order valence-corrected chi connectivity index (χ4v) is 2.36. The summed E-state index contributed by atoms with van der Waals surface area (Å²) in [5, 5.41) is 13.0. The number of halogens is 3. The predicted octanol–water partition coefficient (Wildman–Crippen LogP) is 3.47. The van der Waals surface area contributed by atoms with Crippen molar-refractivity contribution in [3.8, 4) is 5.69 Å². The second kappa shape index (κ2) is 4.61. The average Bonchev–Trinajstić information content (AvgIpc) is 3.16. The van der Waals surface area contributed by atoms with Gasteiger partial charge in [-0.3, -0.25) is 0 Å². The number of alkyl halides is 3. The molecule has 1 saturated carbocycles. The third-order valence-electron chi connectivity index (χ3n) is 3.44. The van der Waals surface area contributed by atoms with Crippen LogP contribution in [0, 0.1) is 0 Å².